The fourth-order valence-corrected chi connectivity index (χ4v) is 19.4. The highest BCUT2D eigenvalue weighted by Crippen LogP contribution is 2.60. The average Bonchev–Trinajstić information content (AvgIpc) is 4.10. The zero-order valence-corrected chi connectivity index (χ0v) is 58.0. The fourth-order valence-electron chi connectivity index (χ4n) is 19.4. The third kappa shape index (κ3) is 18.5. The highest BCUT2D eigenvalue weighted by Gasteiger charge is 2.54. The first-order chi connectivity index (χ1) is 38.0. The summed E-state index contributed by atoms with van der Waals surface area (Å²) < 4.78 is 0. The summed E-state index contributed by atoms with van der Waals surface area (Å²) in [5.41, 5.74) is 8.85. The van der Waals surface area contributed by atoms with Crippen molar-refractivity contribution in [1.82, 2.24) is 24.5 Å². The van der Waals surface area contributed by atoms with Crippen LogP contribution in [0.15, 0.2) is 34.9 Å². The second kappa shape index (κ2) is 28.9. The summed E-state index contributed by atoms with van der Waals surface area (Å²) >= 11 is 0. The Bertz CT molecular complexity index is 1920. The number of allylic oxidation sites excluding steroid dienone is 6. The van der Waals surface area contributed by atoms with E-state index in [0.717, 1.165) is 94.5 Å². The monoisotopic (exact) mass is 1120 g/mol. The molecule has 5 saturated carbocycles. The molecule has 0 aromatic heterocycles. The first kappa shape index (κ1) is 67.5. The number of nitrogens with zero attached hydrogens (tertiary/aromatic N) is 5. The van der Waals surface area contributed by atoms with Crippen molar-refractivity contribution in [2.45, 2.75) is 328 Å². The highest BCUT2D eigenvalue weighted by molar-refractivity contribution is 5.22. The summed E-state index contributed by atoms with van der Waals surface area (Å²) in [6.07, 6.45) is 41.0. The van der Waals surface area contributed by atoms with Crippen LogP contribution in [-0.4, -0.2) is 119 Å². The van der Waals surface area contributed by atoms with Gasteiger partial charge < -0.3 is 14.7 Å². The lowest BCUT2D eigenvalue weighted by atomic mass is 9.54. The van der Waals surface area contributed by atoms with E-state index in [-0.39, 0.29) is 0 Å². The molecule has 11 aliphatic rings. The van der Waals surface area contributed by atoms with Crippen molar-refractivity contribution in [3.63, 3.8) is 0 Å². The molecular formula is C76H139N5. The van der Waals surface area contributed by atoms with Gasteiger partial charge in [-0.3, -0.25) is 9.80 Å². The van der Waals surface area contributed by atoms with Crippen molar-refractivity contribution < 1.29 is 0 Å². The predicted molar refractivity (Wildman–Crippen MR) is 355 cm³/mol. The summed E-state index contributed by atoms with van der Waals surface area (Å²) in [5.74, 6) is 6.14. The maximum absolute atomic E-state index is 2.85. The van der Waals surface area contributed by atoms with Gasteiger partial charge in [0.2, 0.25) is 0 Å². The summed E-state index contributed by atoms with van der Waals surface area (Å²) in [6.45, 7) is 57.4. The molecule has 81 heavy (non-hydrogen) atoms. The molecule has 2 unspecified atom stereocenters. The largest absolute Gasteiger partial charge is 0.301 e. The van der Waals surface area contributed by atoms with Gasteiger partial charge in [0.15, 0.2) is 0 Å². The van der Waals surface area contributed by atoms with Crippen LogP contribution in [-0.2, 0) is 0 Å². The van der Waals surface area contributed by atoms with Crippen LogP contribution in [0.4, 0.5) is 0 Å². The highest BCUT2D eigenvalue weighted by atomic mass is 15.2. The first-order valence-corrected chi connectivity index (χ1v) is 35.8. The molecule has 0 aromatic rings. The molecule has 0 amide bonds. The van der Waals surface area contributed by atoms with Gasteiger partial charge in [-0.05, 0) is 318 Å². The Morgan fingerprint density at radius 3 is 1.06 bits per heavy atom. The SMILES string of the molecule is CC(C)C=C1CC2(CCN(C(C)C)C2)C1.CC(C)C=C1CC2(CCN(C(C)C)CC2)C1.CC(C)C=C1CCC2(CC1)CN(C(C)C)C2.CC(C)CC1CC2(C1)CC1CCC(C2)N1C(C)C.CC(C)CC1CC2(CCN(C(C)C)CC2)C1. The minimum atomic E-state index is 0.686. The minimum absolute atomic E-state index is 0.686. The number of hydrogen-bond donors (Lipinski definition) is 0. The number of fused-ring (bicyclic) bond motifs is 2. The summed E-state index contributed by atoms with van der Waals surface area (Å²) in [7, 11) is 0. The van der Waals surface area contributed by atoms with Gasteiger partial charge in [0.05, 0.1) is 0 Å². The van der Waals surface area contributed by atoms with Gasteiger partial charge in [0.25, 0.3) is 0 Å². The number of hydrogen-bond acceptors (Lipinski definition) is 5. The lowest BCUT2D eigenvalue weighted by molar-refractivity contribution is -0.0607. The van der Waals surface area contributed by atoms with Crippen LogP contribution < -0.4 is 0 Å². The van der Waals surface area contributed by atoms with Gasteiger partial charge in [-0.15, -0.1) is 0 Å². The fraction of sp³-hybridized carbons (Fsp3) is 0.921. The molecule has 2 bridgehead atoms. The second-order valence-corrected chi connectivity index (χ2v) is 34.6. The van der Waals surface area contributed by atoms with Crippen LogP contribution in [0.25, 0.3) is 0 Å². The third-order valence-corrected chi connectivity index (χ3v) is 23.4. The van der Waals surface area contributed by atoms with Crippen LogP contribution in [0.1, 0.15) is 286 Å². The van der Waals surface area contributed by atoms with Crippen LogP contribution in [0.3, 0.4) is 0 Å². The molecule has 6 saturated heterocycles. The Morgan fingerprint density at radius 2 is 0.691 bits per heavy atom. The van der Waals surface area contributed by atoms with E-state index in [1.165, 1.54) is 187 Å². The molecule has 2 atom stereocenters. The van der Waals surface area contributed by atoms with E-state index in [4.69, 9.17) is 0 Å². The van der Waals surface area contributed by atoms with Gasteiger partial charge >= 0.3 is 0 Å². The van der Waals surface area contributed by atoms with Gasteiger partial charge in [-0.2, -0.15) is 0 Å². The number of piperidine rings is 3. The van der Waals surface area contributed by atoms with E-state index in [0.29, 0.717) is 16.2 Å². The number of likely N-dealkylation sites (tertiary alicyclic amines) is 4. The molecule has 11 rings (SSSR count). The summed E-state index contributed by atoms with van der Waals surface area (Å²) in [6, 6.07) is 5.62. The molecule has 5 nitrogen and oxygen atoms in total. The lowest BCUT2D eigenvalue weighted by Gasteiger charge is -2.56. The molecule has 5 spiro atoms. The van der Waals surface area contributed by atoms with Crippen LogP contribution >= 0.6 is 0 Å². The molecule has 5 heteroatoms. The molecule has 468 valence electrons. The second-order valence-electron chi connectivity index (χ2n) is 34.6. The molecule has 5 aliphatic carbocycles. The van der Waals surface area contributed by atoms with Crippen LogP contribution in [0, 0.1) is 68.5 Å². The van der Waals surface area contributed by atoms with Gasteiger partial charge in [0.1, 0.15) is 0 Å². The van der Waals surface area contributed by atoms with E-state index in [2.05, 4.69) is 181 Å². The summed E-state index contributed by atoms with van der Waals surface area (Å²) in [4.78, 5) is 13.4. The quantitative estimate of drug-likeness (QED) is 0.181. The Hall–Kier alpha value is -0.980. The zero-order chi connectivity index (χ0) is 59.2. The zero-order valence-electron chi connectivity index (χ0n) is 58.0. The third-order valence-electron chi connectivity index (χ3n) is 23.4. The van der Waals surface area contributed by atoms with E-state index in [9.17, 15) is 0 Å². The molecule has 0 aromatic carbocycles. The standard InChI is InChI=1S/C17H31N.C15H29N.2C15H27N.C14H25N/c1-12(2)7-14-8-17(9-14)10-15-5-6-16(11-17)18(15)13(3)4;2*1-12(2)9-14-10-15(11-14)5-7-16(8-6-15)13(3)4;1-12(2)9-14-5-7-15(8-6-14)10-16(11-15)13(3)4;1-11(2)7-13-8-14(9-13)5-6-15(10-14)12(3)4/h12-16H,5-11H2,1-4H3;12-14H,5-11H2,1-4H3;2*9,12-13H,5-8,10-11H2,1-4H3;7,11-12H,5-6,8-10H2,1-4H3. The lowest BCUT2D eigenvalue weighted by Crippen LogP contribution is -2.59. The Morgan fingerprint density at radius 1 is 0.346 bits per heavy atom. The van der Waals surface area contributed by atoms with Crippen LogP contribution in [0.5, 0.6) is 0 Å². The Kier molecular flexibility index (Phi) is 24.1. The molecule has 11 fully saturated rings. The molecule has 0 N–H and O–H groups in total. The van der Waals surface area contributed by atoms with Crippen molar-refractivity contribution in [2.24, 2.45) is 68.5 Å². The summed E-state index contributed by atoms with van der Waals surface area (Å²) in [5, 5.41) is 0. The Labute approximate surface area is 506 Å². The maximum atomic E-state index is 2.85. The molecule has 0 radical (unpaired) electrons. The van der Waals surface area contributed by atoms with Crippen molar-refractivity contribution >= 4 is 0 Å². The van der Waals surface area contributed by atoms with Gasteiger partial charge in [-0.1, -0.05) is 104 Å². The number of rotatable bonds is 12. The molecule has 6 heterocycles. The Balaban J connectivity index is 0.000000146. The van der Waals surface area contributed by atoms with Gasteiger partial charge in [0, 0.05) is 61.9 Å². The van der Waals surface area contributed by atoms with E-state index >= 15 is 0 Å². The minimum Gasteiger partial charge on any atom is -0.301 e. The molecular weight excluding hydrogens is 983 g/mol. The predicted octanol–water partition coefficient (Wildman–Crippen LogP) is 19.6. The molecule has 6 aliphatic heterocycles. The van der Waals surface area contributed by atoms with Crippen molar-refractivity contribution in [3.8, 4) is 0 Å². The van der Waals surface area contributed by atoms with Crippen molar-refractivity contribution in [1.29, 1.82) is 0 Å². The normalized spacial score (nSPS) is 30.4. The van der Waals surface area contributed by atoms with E-state index in [1.807, 2.05) is 0 Å². The van der Waals surface area contributed by atoms with E-state index in [1.54, 1.807) is 29.6 Å². The first-order valence-electron chi connectivity index (χ1n) is 35.8. The van der Waals surface area contributed by atoms with Crippen LogP contribution in [0.2, 0.25) is 0 Å². The topological polar surface area (TPSA) is 16.2 Å². The smallest absolute Gasteiger partial charge is 0.0107 e. The van der Waals surface area contributed by atoms with Crippen molar-refractivity contribution in [3.05, 3.63) is 34.9 Å². The van der Waals surface area contributed by atoms with Crippen molar-refractivity contribution in [2.75, 3.05) is 52.4 Å². The maximum Gasteiger partial charge on any atom is 0.0107 e. The van der Waals surface area contributed by atoms with Gasteiger partial charge in [-0.25, -0.2) is 0 Å². The van der Waals surface area contributed by atoms with E-state index < -0.39 is 0 Å². The average molecular weight is 1120 g/mol.